The maximum absolute atomic E-state index is 12.6. The summed E-state index contributed by atoms with van der Waals surface area (Å²) in [5.41, 5.74) is 1.50. The second kappa shape index (κ2) is 6.25. The number of hydrogen-bond acceptors (Lipinski definition) is 2. The lowest BCUT2D eigenvalue weighted by molar-refractivity contribution is -0.0559. The predicted octanol–water partition coefficient (Wildman–Crippen LogP) is 3.27. The number of nitrogens with zero attached hydrogens (tertiary/aromatic N) is 1. The van der Waals surface area contributed by atoms with Crippen LogP contribution in [-0.4, -0.2) is 41.4 Å². The van der Waals surface area contributed by atoms with Gasteiger partial charge in [0, 0.05) is 18.4 Å². The molecule has 5 heteroatoms. The zero-order valence-electron chi connectivity index (χ0n) is 11.0. The molecule has 1 aliphatic rings. The minimum atomic E-state index is -0.0187. The minimum Gasteiger partial charge on any atom is -0.371 e. The van der Waals surface area contributed by atoms with Crippen LogP contribution in [0.5, 0.6) is 0 Å². The number of halogens is 2. The topological polar surface area (TPSA) is 29.5 Å². The maximum Gasteiger partial charge on any atom is 0.255 e. The summed E-state index contributed by atoms with van der Waals surface area (Å²) < 4.78 is 5.73. The quantitative estimate of drug-likeness (QED) is 0.769. The van der Waals surface area contributed by atoms with Gasteiger partial charge in [0.1, 0.15) is 0 Å². The van der Waals surface area contributed by atoms with Gasteiger partial charge in [-0.15, -0.1) is 0 Å². The highest BCUT2D eigenvalue weighted by Crippen LogP contribution is 2.23. The van der Waals surface area contributed by atoms with Gasteiger partial charge in [0.2, 0.25) is 0 Å². The van der Waals surface area contributed by atoms with Crippen LogP contribution in [0.2, 0.25) is 5.02 Å². The van der Waals surface area contributed by atoms with Crippen molar-refractivity contribution in [1.82, 2.24) is 4.90 Å². The number of benzene rings is 1. The van der Waals surface area contributed by atoms with Crippen LogP contribution in [0.3, 0.4) is 0 Å². The first-order valence-corrected chi connectivity index (χ1v) is 7.78. The fourth-order valence-corrected chi connectivity index (χ4v) is 2.84. The molecule has 1 fully saturated rings. The minimum absolute atomic E-state index is 0.0187. The normalized spacial score (nSPS) is 23.5. The zero-order chi connectivity index (χ0) is 14.0. The molecule has 1 heterocycles. The summed E-state index contributed by atoms with van der Waals surface area (Å²) in [7, 11) is 0. The standard InChI is InChI=1S/C14H17BrClNO2/c1-9-4-3-5-12(13(9)16)14(18)17-7-10(2)19-11(6-15)8-17/h3-5,10-11H,6-8H2,1-2H3. The molecule has 2 unspecified atom stereocenters. The van der Waals surface area contributed by atoms with Crippen molar-refractivity contribution in [3.8, 4) is 0 Å². The monoisotopic (exact) mass is 345 g/mol. The highest BCUT2D eigenvalue weighted by Gasteiger charge is 2.29. The van der Waals surface area contributed by atoms with E-state index in [4.69, 9.17) is 16.3 Å². The van der Waals surface area contributed by atoms with Gasteiger partial charge in [0.25, 0.3) is 5.91 Å². The molecule has 2 atom stereocenters. The molecule has 0 aromatic heterocycles. The molecule has 104 valence electrons. The number of aryl methyl sites for hydroxylation is 1. The molecule has 1 saturated heterocycles. The van der Waals surface area contributed by atoms with E-state index < -0.39 is 0 Å². The van der Waals surface area contributed by atoms with Gasteiger partial charge in [0.05, 0.1) is 22.8 Å². The Morgan fingerprint density at radius 3 is 2.95 bits per heavy atom. The van der Waals surface area contributed by atoms with E-state index in [0.717, 1.165) is 10.9 Å². The van der Waals surface area contributed by atoms with E-state index >= 15 is 0 Å². The molecule has 1 aliphatic heterocycles. The molecule has 1 amide bonds. The molecule has 19 heavy (non-hydrogen) atoms. The summed E-state index contributed by atoms with van der Waals surface area (Å²) in [6.07, 6.45) is 0.0834. The first kappa shape index (κ1) is 14.8. The maximum atomic E-state index is 12.6. The van der Waals surface area contributed by atoms with Crippen LogP contribution in [0, 0.1) is 6.92 Å². The van der Waals surface area contributed by atoms with E-state index in [2.05, 4.69) is 15.9 Å². The van der Waals surface area contributed by atoms with Gasteiger partial charge in [-0.3, -0.25) is 4.79 Å². The lowest BCUT2D eigenvalue weighted by Crippen LogP contribution is -2.49. The van der Waals surface area contributed by atoms with Crippen molar-refractivity contribution in [2.24, 2.45) is 0 Å². The molecule has 3 nitrogen and oxygen atoms in total. The Balaban J connectivity index is 2.21. The molecule has 0 radical (unpaired) electrons. The fourth-order valence-electron chi connectivity index (χ4n) is 2.28. The third kappa shape index (κ3) is 3.30. The molecule has 1 aromatic carbocycles. The lowest BCUT2D eigenvalue weighted by atomic mass is 10.1. The Kier molecular flexibility index (Phi) is 4.87. The number of morpholine rings is 1. The molecule has 0 bridgehead atoms. The third-order valence-corrected chi connectivity index (χ3v) is 4.43. The molecule has 2 rings (SSSR count). The molecular formula is C14H17BrClNO2. The van der Waals surface area contributed by atoms with Crippen LogP contribution in [0.1, 0.15) is 22.8 Å². The summed E-state index contributed by atoms with van der Waals surface area (Å²) in [4.78, 5) is 14.4. The Labute approximate surface area is 127 Å². The molecular weight excluding hydrogens is 330 g/mol. The van der Waals surface area contributed by atoms with Crippen molar-refractivity contribution in [3.63, 3.8) is 0 Å². The average molecular weight is 347 g/mol. The Morgan fingerprint density at radius 2 is 2.26 bits per heavy atom. The van der Waals surface area contributed by atoms with Gasteiger partial charge in [0.15, 0.2) is 0 Å². The number of hydrogen-bond donors (Lipinski definition) is 0. The summed E-state index contributed by atoms with van der Waals surface area (Å²) in [6, 6.07) is 5.55. The van der Waals surface area contributed by atoms with Crippen LogP contribution >= 0.6 is 27.5 Å². The van der Waals surface area contributed by atoms with Crippen molar-refractivity contribution in [2.45, 2.75) is 26.1 Å². The van der Waals surface area contributed by atoms with E-state index in [0.29, 0.717) is 23.7 Å². The average Bonchev–Trinajstić information content (AvgIpc) is 2.40. The number of alkyl halides is 1. The molecule has 1 aromatic rings. The number of ether oxygens (including phenoxy) is 1. The molecule has 0 spiro atoms. The number of amides is 1. The number of carbonyl (C=O) groups excluding carboxylic acids is 1. The van der Waals surface area contributed by atoms with Gasteiger partial charge in [-0.2, -0.15) is 0 Å². The summed E-state index contributed by atoms with van der Waals surface area (Å²) in [5, 5.41) is 1.27. The van der Waals surface area contributed by atoms with Gasteiger partial charge >= 0.3 is 0 Å². The van der Waals surface area contributed by atoms with Crippen LogP contribution < -0.4 is 0 Å². The smallest absolute Gasteiger partial charge is 0.255 e. The number of rotatable bonds is 2. The summed E-state index contributed by atoms with van der Waals surface area (Å²) in [6.45, 7) is 5.08. The van der Waals surface area contributed by atoms with Crippen molar-refractivity contribution in [2.75, 3.05) is 18.4 Å². The third-order valence-electron chi connectivity index (χ3n) is 3.21. The van der Waals surface area contributed by atoms with Crippen molar-refractivity contribution in [1.29, 1.82) is 0 Å². The van der Waals surface area contributed by atoms with E-state index in [9.17, 15) is 4.79 Å². The van der Waals surface area contributed by atoms with E-state index in [1.165, 1.54) is 0 Å². The van der Waals surface area contributed by atoms with E-state index in [1.807, 2.05) is 30.9 Å². The first-order valence-electron chi connectivity index (χ1n) is 6.28. The second-order valence-electron chi connectivity index (χ2n) is 4.87. The fraction of sp³-hybridized carbons (Fsp3) is 0.500. The van der Waals surface area contributed by atoms with Crippen LogP contribution in [-0.2, 0) is 4.74 Å². The zero-order valence-corrected chi connectivity index (χ0v) is 13.4. The Bertz CT molecular complexity index is 481. The Hall–Kier alpha value is -0.580. The van der Waals surface area contributed by atoms with Gasteiger partial charge in [-0.05, 0) is 25.5 Å². The lowest BCUT2D eigenvalue weighted by Gasteiger charge is -2.36. The second-order valence-corrected chi connectivity index (χ2v) is 5.90. The van der Waals surface area contributed by atoms with Crippen molar-refractivity contribution in [3.05, 3.63) is 34.3 Å². The van der Waals surface area contributed by atoms with Crippen LogP contribution in [0.4, 0.5) is 0 Å². The largest absolute Gasteiger partial charge is 0.371 e. The van der Waals surface area contributed by atoms with Gasteiger partial charge < -0.3 is 9.64 Å². The van der Waals surface area contributed by atoms with Crippen molar-refractivity contribution >= 4 is 33.4 Å². The first-order chi connectivity index (χ1) is 9.02. The highest BCUT2D eigenvalue weighted by atomic mass is 79.9. The highest BCUT2D eigenvalue weighted by molar-refractivity contribution is 9.09. The molecule has 0 saturated carbocycles. The summed E-state index contributed by atoms with van der Waals surface area (Å²) in [5.74, 6) is -0.0187. The van der Waals surface area contributed by atoms with Gasteiger partial charge in [-0.1, -0.05) is 39.7 Å². The SMILES string of the molecule is Cc1cccc(C(=O)N2CC(C)OC(CBr)C2)c1Cl. The summed E-state index contributed by atoms with van der Waals surface area (Å²) >= 11 is 9.63. The van der Waals surface area contributed by atoms with Crippen LogP contribution in [0.25, 0.3) is 0 Å². The predicted molar refractivity (Wildman–Crippen MR) is 80.2 cm³/mol. The van der Waals surface area contributed by atoms with Gasteiger partial charge in [-0.25, -0.2) is 0 Å². The van der Waals surface area contributed by atoms with E-state index in [-0.39, 0.29) is 18.1 Å². The van der Waals surface area contributed by atoms with E-state index in [1.54, 1.807) is 6.07 Å². The molecule has 0 N–H and O–H groups in total. The van der Waals surface area contributed by atoms with Crippen molar-refractivity contribution < 1.29 is 9.53 Å². The Morgan fingerprint density at radius 1 is 1.53 bits per heavy atom. The molecule has 0 aliphatic carbocycles. The van der Waals surface area contributed by atoms with Crippen LogP contribution in [0.15, 0.2) is 18.2 Å². The number of carbonyl (C=O) groups is 1.